The van der Waals surface area contributed by atoms with Crippen molar-refractivity contribution in [1.82, 2.24) is 19.7 Å². The molecule has 0 spiro atoms. The zero-order valence-electron chi connectivity index (χ0n) is 12.9. The first-order chi connectivity index (χ1) is 11.0. The van der Waals surface area contributed by atoms with Crippen LogP contribution in [0.1, 0.15) is 17.8 Å². The zero-order chi connectivity index (χ0) is 16.4. The SMILES string of the molecule is Cl.N[C@@H](CC(=O)N1CCn2cnnc2C1)Cc1ccc(F)c(F)c1. The Morgan fingerprint density at radius 3 is 2.83 bits per heavy atom. The summed E-state index contributed by atoms with van der Waals surface area (Å²) in [6.07, 6.45) is 2.10. The largest absolute Gasteiger partial charge is 0.333 e. The van der Waals surface area contributed by atoms with Crippen molar-refractivity contribution in [3.05, 3.63) is 47.5 Å². The van der Waals surface area contributed by atoms with Crippen LogP contribution in [0.5, 0.6) is 0 Å². The van der Waals surface area contributed by atoms with Gasteiger partial charge < -0.3 is 15.2 Å². The Balaban J connectivity index is 0.00000208. The van der Waals surface area contributed by atoms with E-state index in [1.165, 1.54) is 6.07 Å². The molecule has 1 amide bonds. The van der Waals surface area contributed by atoms with Crippen molar-refractivity contribution in [1.29, 1.82) is 0 Å². The van der Waals surface area contributed by atoms with Crippen molar-refractivity contribution < 1.29 is 13.6 Å². The van der Waals surface area contributed by atoms with Gasteiger partial charge in [-0.25, -0.2) is 8.78 Å². The van der Waals surface area contributed by atoms with Crippen molar-refractivity contribution in [2.24, 2.45) is 5.73 Å². The van der Waals surface area contributed by atoms with Gasteiger partial charge in [0.1, 0.15) is 6.33 Å². The summed E-state index contributed by atoms with van der Waals surface area (Å²) < 4.78 is 28.0. The molecular weight excluding hydrogens is 340 g/mol. The number of nitrogens with zero attached hydrogens (tertiary/aromatic N) is 4. The molecule has 0 saturated heterocycles. The summed E-state index contributed by atoms with van der Waals surface area (Å²) in [5.74, 6) is -1.12. The minimum absolute atomic E-state index is 0. The van der Waals surface area contributed by atoms with Crippen molar-refractivity contribution in [3.63, 3.8) is 0 Å². The molecule has 0 saturated carbocycles. The second-order valence-electron chi connectivity index (χ2n) is 5.67. The number of fused-ring (bicyclic) bond motifs is 1. The molecule has 1 aliphatic rings. The monoisotopic (exact) mass is 357 g/mol. The summed E-state index contributed by atoms with van der Waals surface area (Å²) in [4.78, 5) is 14.0. The molecule has 0 radical (unpaired) electrons. The Morgan fingerprint density at radius 1 is 1.29 bits per heavy atom. The quantitative estimate of drug-likeness (QED) is 0.894. The highest BCUT2D eigenvalue weighted by Crippen LogP contribution is 2.14. The van der Waals surface area contributed by atoms with Crippen LogP contribution in [0.4, 0.5) is 8.78 Å². The molecule has 2 N–H and O–H groups in total. The van der Waals surface area contributed by atoms with E-state index in [1.807, 2.05) is 4.57 Å². The van der Waals surface area contributed by atoms with Gasteiger partial charge in [0.2, 0.25) is 5.91 Å². The molecule has 6 nitrogen and oxygen atoms in total. The third kappa shape index (κ3) is 4.07. The summed E-state index contributed by atoms with van der Waals surface area (Å²) in [5, 5.41) is 7.78. The van der Waals surface area contributed by atoms with E-state index in [1.54, 1.807) is 11.2 Å². The van der Waals surface area contributed by atoms with Crippen LogP contribution in [-0.2, 0) is 24.3 Å². The number of carbonyl (C=O) groups excluding carboxylic acids is 1. The maximum absolute atomic E-state index is 13.2. The zero-order valence-corrected chi connectivity index (χ0v) is 13.7. The van der Waals surface area contributed by atoms with E-state index in [0.29, 0.717) is 31.6 Å². The van der Waals surface area contributed by atoms with Crippen molar-refractivity contribution in [2.75, 3.05) is 6.54 Å². The number of carbonyl (C=O) groups is 1. The second kappa shape index (κ2) is 7.67. The highest BCUT2D eigenvalue weighted by atomic mass is 35.5. The number of halogens is 3. The summed E-state index contributed by atoms with van der Waals surface area (Å²) in [6, 6.07) is 3.21. The van der Waals surface area contributed by atoms with Gasteiger partial charge in [-0.1, -0.05) is 6.07 Å². The van der Waals surface area contributed by atoms with Gasteiger partial charge in [-0.3, -0.25) is 4.79 Å². The van der Waals surface area contributed by atoms with Gasteiger partial charge >= 0.3 is 0 Å². The van der Waals surface area contributed by atoms with E-state index in [-0.39, 0.29) is 24.7 Å². The van der Waals surface area contributed by atoms with Gasteiger partial charge in [0, 0.05) is 25.6 Å². The van der Waals surface area contributed by atoms with Crippen LogP contribution in [0.2, 0.25) is 0 Å². The predicted molar refractivity (Wildman–Crippen MR) is 85.3 cm³/mol. The molecule has 1 aliphatic heterocycles. The van der Waals surface area contributed by atoms with Gasteiger partial charge in [0.05, 0.1) is 6.54 Å². The van der Waals surface area contributed by atoms with E-state index in [0.717, 1.165) is 18.0 Å². The van der Waals surface area contributed by atoms with Crippen LogP contribution in [0, 0.1) is 11.6 Å². The summed E-state index contributed by atoms with van der Waals surface area (Å²) in [5.41, 5.74) is 6.55. The molecule has 24 heavy (non-hydrogen) atoms. The Labute approximate surface area is 144 Å². The molecule has 1 atom stereocenters. The Kier molecular flexibility index (Phi) is 5.84. The number of aromatic nitrogens is 3. The van der Waals surface area contributed by atoms with Crippen LogP contribution < -0.4 is 5.73 Å². The normalized spacial score (nSPS) is 14.7. The first kappa shape index (κ1) is 18.3. The lowest BCUT2D eigenvalue weighted by Crippen LogP contribution is -2.41. The van der Waals surface area contributed by atoms with E-state index in [4.69, 9.17) is 5.73 Å². The van der Waals surface area contributed by atoms with Crippen molar-refractivity contribution >= 4 is 18.3 Å². The van der Waals surface area contributed by atoms with E-state index in [2.05, 4.69) is 10.2 Å². The number of hydrogen-bond donors (Lipinski definition) is 1. The third-order valence-electron chi connectivity index (χ3n) is 3.91. The van der Waals surface area contributed by atoms with E-state index >= 15 is 0 Å². The topological polar surface area (TPSA) is 77.0 Å². The van der Waals surface area contributed by atoms with Gasteiger partial charge in [-0.05, 0) is 24.1 Å². The highest BCUT2D eigenvalue weighted by molar-refractivity contribution is 5.85. The lowest BCUT2D eigenvalue weighted by atomic mass is 10.0. The Hall–Kier alpha value is -2.06. The first-order valence-electron chi connectivity index (χ1n) is 7.37. The molecule has 0 unspecified atom stereocenters. The Morgan fingerprint density at radius 2 is 2.08 bits per heavy atom. The average molecular weight is 358 g/mol. The van der Waals surface area contributed by atoms with Gasteiger partial charge in [-0.15, -0.1) is 22.6 Å². The summed E-state index contributed by atoms with van der Waals surface area (Å²) in [6.45, 7) is 1.66. The fourth-order valence-corrected chi connectivity index (χ4v) is 2.67. The van der Waals surface area contributed by atoms with Gasteiger partial charge in [0.15, 0.2) is 17.5 Å². The molecule has 1 aromatic carbocycles. The summed E-state index contributed by atoms with van der Waals surface area (Å²) in [7, 11) is 0. The fraction of sp³-hybridized carbons (Fsp3) is 0.400. The molecule has 0 bridgehead atoms. The molecule has 3 rings (SSSR count). The second-order valence-corrected chi connectivity index (χ2v) is 5.67. The number of rotatable bonds is 4. The molecule has 9 heteroatoms. The van der Waals surface area contributed by atoms with Gasteiger partial charge in [0.25, 0.3) is 0 Å². The van der Waals surface area contributed by atoms with Crippen LogP contribution in [0.25, 0.3) is 0 Å². The number of nitrogens with two attached hydrogens (primary N) is 1. The maximum atomic E-state index is 13.2. The molecule has 130 valence electrons. The molecule has 1 aromatic heterocycles. The lowest BCUT2D eigenvalue weighted by Gasteiger charge is -2.28. The Bertz CT molecular complexity index is 724. The third-order valence-corrected chi connectivity index (χ3v) is 3.91. The average Bonchev–Trinajstić information content (AvgIpc) is 2.98. The lowest BCUT2D eigenvalue weighted by molar-refractivity contribution is -0.133. The maximum Gasteiger partial charge on any atom is 0.224 e. The van der Waals surface area contributed by atoms with Crippen LogP contribution in [-0.4, -0.2) is 38.2 Å². The molecule has 0 aliphatic carbocycles. The molecule has 2 aromatic rings. The number of benzene rings is 1. The van der Waals surface area contributed by atoms with Crippen molar-refractivity contribution in [3.8, 4) is 0 Å². The molecule has 2 heterocycles. The number of hydrogen-bond acceptors (Lipinski definition) is 4. The predicted octanol–water partition coefficient (Wildman–Crippen LogP) is 1.28. The van der Waals surface area contributed by atoms with Crippen LogP contribution in [0.3, 0.4) is 0 Å². The van der Waals surface area contributed by atoms with Crippen molar-refractivity contribution in [2.45, 2.75) is 32.0 Å². The number of amides is 1. The standard InChI is InChI=1S/C15H17F2N5O.ClH/c16-12-2-1-10(6-13(12)17)5-11(18)7-15(23)21-3-4-22-9-19-20-14(22)8-21;/h1-2,6,9,11H,3-5,7-8,18H2;1H/t11-;/m1./s1. The minimum Gasteiger partial charge on any atom is -0.333 e. The van der Waals surface area contributed by atoms with E-state index in [9.17, 15) is 13.6 Å². The smallest absolute Gasteiger partial charge is 0.224 e. The minimum atomic E-state index is -0.906. The van der Waals surface area contributed by atoms with Crippen LogP contribution in [0.15, 0.2) is 24.5 Å². The highest BCUT2D eigenvalue weighted by Gasteiger charge is 2.23. The van der Waals surface area contributed by atoms with Gasteiger partial charge in [-0.2, -0.15) is 0 Å². The van der Waals surface area contributed by atoms with E-state index < -0.39 is 17.7 Å². The fourth-order valence-electron chi connectivity index (χ4n) is 2.67. The van der Waals surface area contributed by atoms with Crippen LogP contribution >= 0.6 is 12.4 Å². The molecular formula is C15H18ClF2N5O. The molecule has 0 fully saturated rings. The first-order valence-corrected chi connectivity index (χ1v) is 7.37. The summed E-state index contributed by atoms with van der Waals surface area (Å²) >= 11 is 0.